The van der Waals surface area contributed by atoms with Gasteiger partial charge in [-0.05, 0) is 55.8 Å². The van der Waals surface area contributed by atoms with Crippen LogP contribution in [0.3, 0.4) is 0 Å². The molecule has 0 spiro atoms. The lowest BCUT2D eigenvalue weighted by Crippen LogP contribution is -2.45. The molecule has 8 nitrogen and oxygen atoms in total. The zero-order valence-electron chi connectivity index (χ0n) is 22.0. The van der Waals surface area contributed by atoms with Crippen LogP contribution in [0.1, 0.15) is 45.8 Å². The Labute approximate surface area is 236 Å². The van der Waals surface area contributed by atoms with Gasteiger partial charge in [0.25, 0.3) is 0 Å². The highest BCUT2D eigenvalue weighted by Gasteiger charge is 2.52. The average Bonchev–Trinajstić information content (AvgIpc) is 3.48. The number of rotatable bonds is 6. The molecule has 1 aliphatic rings. The number of carbonyl (C=O) groups excluding carboxylic acids is 2. The van der Waals surface area contributed by atoms with E-state index in [9.17, 15) is 11.0 Å². The van der Waals surface area contributed by atoms with Crippen LogP contribution < -0.4 is 0 Å². The lowest BCUT2D eigenvalue weighted by molar-refractivity contribution is -0.0966. The Kier molecular flexibility index (Phi) is 6.96. The molecule has 0 unspecified atom stereocenters. The van der Waals surface area contributed by atoms with E-state index in [2.05, 4.69) is 15.9 Å². The maximum atomic E-state index is 13.1. The Morgan fingerprint density at radius 3 is 2.31 bits per heavy atom. The van der Waals surface area contributed by atoms with Crippen molar-refractivity contribution in [1.82, 2.24) is 14.5 Å². The highest BCUT2D eigenvalue weighted by Crippen LogP contribution is 2.41. The minimum atomic E-state index is -1.94. The van der Waals surface area contributed by atoms with E-state index >= 15 is 0 Å². The molecule has 5 rings (SSSR count). The van der Waals surface area contributed by atoms with E-state index in [1.165, 1.54) is 10.8 Å². The highest BCUT2D eigenvalue weighted by molar-refractivity contribution is 6.35. The molecule has 3 heterocycles. The molecular formula is C29H23Cl2N3O5. The zero-order valence-corrected chi connectivity index (χ0v) is 22.5. The van der Waals surface area contributed by atoms with Crippen molar-refractivity contribution < 1.29 is 25.2 Å². The second kappa shape index (κ2) is 10.7. The molecule has 0 amide bonds. The highest BCUT2D eigenvalue weighted by atomic mass is 35.5. The number of aromatic nitrogens is 3. The Morgan fingerprint density at radius 2 is 1.69 bits per heavy atom. The van der Waals surface area contributed by atoms with E-state index in [-0.39, 0.29) is 28.1 Å². The van der Waals surface area contributed by atoms with Crippen molar-refractivity contribution in [2.45, 2.75) is 38.2 Å². The van der Waals surface area contributed by atoms with Crippen molar-refractivity contribution in [1.29, 1.82) is 0 Å². The van der Waals surface area contributed by atoms with Crippen molar-refractivity contribution >= 4 is 46.2 Å². The summed E-state index contributed by atoms with van der Waals surface area (Å²) in [6.45, 7) is 3.30. The van der Waals surface area contributed by atoms with E-state index in [1.807, 2.05) is 13.8 Å². The molecule has 0 bridgehead atoms. The van der Waals surface area contributed by atoms with E-state index in [4.69, 9.17) is 43.8 Å². The third kappa shape index (κ3) is 5.34. The van der Waals surface area contributed by atoms with Gasteiger partial charge in [0.2, 0.25) is 10.9 Å². The second-order valence-corrected chi connectivity index (χ2v) is 9.84. The fraction of sp³-hybridized carbons (Fsp3) is 0.241. The number of hydrogen-bond acceptors (Lipinski definition) is 7. The van der Waals surface area contributed by atoms with Crippen LogP contribution in [0.15, 0.2) is 60.8 Å². The van der Waals surface area contributed by atoms with Gasteiger partial charge in [0.05, 0.1) is 17.9 Å². The molecule has 1 aliphatic heterocycles. The standard InChI is InChI=1S/C29H23Cl2N3O5/c1-4-29(16-37-26(35)19-9-5-17(2)6-10-19)22(38-27(36)20-11-7-18(3)8-12-20)15-23(39-29)34-14-13-21-24(30)32-28(31)33-25(21)34/h1,5-14,22-23H,15-16H2,2-3H3/t22-,23+,29+/m0/s1/i23D. The molecule has 10 heteroatoms. The first kappa shape index (κ1) is 25.4. The second-order valence-electron chi connectivity index (χ2n) is 9.14. The molecule has 3 atom stereocenters. The number of halogens is 2. The number of benzene rings is 2. The van der Waals surface area contributed by atoms with Crippen LogP contribution in [0.2, 0.25) is 10.4 Å². The zero-order chi connectivity index (χ0) is 28.7. The van der Waals surface area contributed by atoms with Crippen molar-refractivity contribution in [2.75, 3.05) is 6.61 Å². The van der Waals surface area contributed by atoms with Gasteiger partial charge < -0.3 is 18.8 Å². The number of hydrogen-bond donors (Lipinski definition) is 0. The van der Waals surface area contributed by atoms with E-state index in [1.54, 1.807) is 54.6 Å². The predicted molar refractivity (Wildman–Crippen MR) is 146 cm³/mol. The Bertz CT molecular complexity index is 1650. The van der Waals surface area contributed by atoms with Crippen LogP contribution in [-0.2, 0) is 14.2 Å². The topological polar surface area (TPSA) is 92.5 Å². The van der Waals surface area contributed by atoms with Gasteiger partial charge in [-0.3, -0.25) is 0 Å². The quantitative estimate of drug-likeness (QED) is 0.128. The number of nitrogens with zero attached hydrogens (tertiary/aromatic N) is 3. The molecule has 1 fully saturated rings. The van der Waals surface area contributed by atoms with Crippen molar-refractivity contribution in [2.24, 2.45) is 0 Å². The summed E-state index contributed by atoms with van der Waals surface area (Å²) in [7, 11) is 0. The molecular weight excluding hydrogens is 541 g/mol. The summed E-state index contributed by atoms with van der Waals surface area (Å²) in [5, 5.41) is 0.392. The minimum absolute atomic E-state index is 0.0907. The third-order valence-corrected chi connectivity index (χ3v) is 6.86. The van der Waals surface area contributed by atoms with Gasteiger partial charge in [-0.2, -0.15) is 4.98 Å². The molecule has 198 valence electrons. The molecule has 0 radical (unpaired) electrons. The largest absolute Gasteiger partial charge is 0.458 e. The summed E-state index contributed by atoms with van der Waals surface area (Å²) in [5.41, 5.74) is 0.936. The van der Waals surface area contributed by atoms with Crippen LogP contribution in [0.5, 0.6) is 0 Å². The summed E-state index contributed by atoms with van der Waals surface area (Å²) >= 11 is 12.3. The monoisotopic (exact) mass is 564 g/mol. The maximum absolute atomic E-state index is 13.1. The predicted octanol–water partition coefficient (Wildman–Crippen LogP) is 5.73. The summed E-state index contributed by atoms with van der Waals surface area (Å²) in [6, 6.07) is 15.2. The minimum Gasteiger partial charge on any atom is -0.458 e. The lowest BCUT2D eigenvalue weighted by Gasteiger charge is -2.28. The summed E-state index contributed by atoms with van der Waals surface area (Å²) in [6.07, 6.45) is 4.14. The van der Waals surface area contributed by atoms with Gasteiger partial charge >= 0.3 is 11.9 Å². The summed E-state index contributed by atoms with van der Waals surface area (Å²) < 4.78 is 28.2. The van der Waals surface area contributed by atoms with Crippen LogP contribution in [-0.4, -0.2) is 44.8 Å². The Hall–Kier alpha value is -3.90. The van der Waals surface area contributed by atoms with E-state index < -0.39 is 36.5 Å². The van der Waals surface area contributed by atoms with Crippen LogP contribution in [0, 0.1) is 26.2 Å². The molecule has 0 aliphatic carbocycles. The van der Waals surface area contributed by atoms with E-state index in [0.717, 1.165) is 11.1 Å². The van der Waals surface area contributed by atoms with Crippen LogP contribution >= 0.6 is 23.2 Å². The maximum Gasteiger partial charge on any atom is 0.338 e. The lowest BCUT2D eigenvalue weighted by atomic mass is 9.98. The van der Waals surface area contributed by atoms with Gasteiger partial charge in [-0.1, -0.05) is 52.9 Å². The first-order valence-corrected chi connectivity index (χ1v) is 12.7. The summed E-state index contributed by atoms with van der Waals surface area (Å²) in [5.74, 6) is 1.18. The van der Waals surface area contributed by atoms with Crippen LogP contribution in [0.25, 0.3) is 11.0 Å². The third-order valence-electron chi connectivity index (χ3n) is 6.40. The molecule has 2 aromatic heterocycles. The number of carbonyl (C=O) groups is 2. The number of fused-ring (bicyclic) bond motifs is 1. The SMILES string of the molecule is [2H][C@]1(n2ccc3c(Cl)nc(Cl)nc32)C[C@H](OC(=O)c2ccc(C)cc2)[C@@](C#C)(COC(=O)c2ccc(C)cc2)O1. The molecule has 2 aromatic carbocycles. The number of ether oxygens (including phenoxy) is 3. The van der Waals surface area contributed by atoms with Gasteiger partial charge in [0.1, 0.15) is 23.6 Å². The normalized spacial score (nSPS) is 22.7. The summed E-state index contributed by atoms with van der Waals surface area (Å²) in [4.78, 5) is 34.1. The Balaban J connectivity index is 1.50. The molecule has 4 aromatic rings. The van der Waals surface area contributed by atoms with Gasteiger partial charge in [-0.25, -0.2) is 14.6 Å². The van der Waals surface area contributed by atoms with Gasteiger partial charge in [-0.15, -0.1) is 6.42 Å². The van der Waals surface area contributed by atoms with Crippen LogP contribution in [0.4, 0.5) is 0 Å². The molecule has 0 saturated carbocycles. The van der Waals surface area contributed by atoms with Crippen molar-refractivity contribution in [3.05, 3.63) is 93.5 Å². The Morgan fingerprint density at radius 1 is 1.08 bits per heavy atom. The number of aryl methyl sites for hydroxylation is 2. The molecule has 1 saturated heterocycles. The van der Waals surface area contributed by atoms with Gasteiger partial charge in [0.15, 0.2) is 6.10 Å². The molecule has 0 N–H and O–H groups in total. The number of esters is 2. The smallest absolute Gasteiger partial charge is 0.338 e. The fourth-order valence-electron chi connectivity index (χ4n) is 4.20. The molecule has 39 heavy (non-hydrogen) atoms. The van der Waals surface area contributed by atoms with E-state index in [0.29, 0.717) is 10.9 Å². The first-order chi connectivity index (χ1) is 19.0. The fourth-order valence-corrected chi connectivity index (χ4v) is 4.63. The first-order valence-electron chi connectivity index (χ1n) is 12.4. The average molecular weight is 565 g/mol. The van der Waals surface area contributed by atoms with Gasteiger partial charge in [0, 0.05) is 12.6 Å². The number of terminal acetylenes is 1. The van der Waals surface area contributed by atoms with Crippen molar-refractivity contribution in [3.63, 3.8) is 0 Å². The van der Waals surface area contributed by atoms with Crippen molar-refractivity contribution in [3.8, 4) is 12.3 Å².